The summed E-state index contributed by atoms with van der Waals surface area (Å²) in [6.07, 6.45) is 0. The highest BCUT2D eigenvalue weighted by molar-refractivity contribution is 5.24. The second-order valence-corrected chi connectivity index (χ2v) is 2.68. The topological polar surface area (TPSA) is 21.3 Å². The predicted octanol–water partition coefficient (Wildman–Crippen LogP) is 2.04. The molecule has 66 valence electrons. The van der Waals surface area contributed by atoms with Crippen molar-refractivity contribution < 1.29 is 4.84 Å². The van der Waals surface area contributed by atoms with Crippen LogP contribution in [0.5, 0.6) is 0 Å². The maximum absolute atomic E-state index is 5.04. The van der Waals surface area contributed by atoms with Gasteiger partial charge in [-0.05, 0) is 25.0 Å². The highest BCUT2D eigenvalue weighted by Crippen LogP contribution is 2.05. The van der Waals surface area contributed by atoms with Crippen LogP contribution < -0.4 is 5.48 Å². The van der Waals surface area contributed by atoms with Gasteiger partial charge in [0.1, 0.15) is 0 Å². The second kappa shape index (κ2) is 4.91. The van der Waals surface area contributed by atoms with Crippen molar-refractivity contribution in [2.75, 3.05) is 6.61 Å². The van der Waals surface area contributed by atoms with Gasteiger partial charge in [0.25, 0.3) is 0 Å². The summed E-state index contributed by atoms with van der Waals surface area (Å²) in [4.78, 5) is 5.04. The van der Waals surface area contributed by atoms with Crippen molar-refractivity contribution in [3.63, 3.8) is 0 Å². The Morgan fingerprint density at radius 1 is 1.33 bits per heavy atom. The molecule has 0 unspecified atom stereocenters. The third-order valence-electron chi connectivity index (χ3n) is 1.77. The summed E-state index contributed by atoms with van der Waals surface area (Å²) in [6, 6.07) is 8.28. The first-order valence-electron chi connectivity index (χ1n) is 4.23. The summed E-state index contributed by atoms with van der Waals surface area (Å²) in [5.41, 5.74) is 5.47. The zero-order chi connectivity index (χ0) is 8.81. The van der Waals surface area contributed by atoms with Crippen molar-refractivity contribution in [1.29, 1.82) is 0 Å². The number of hydroxylamine groups is 1. The molecule has 2 nitrogen and oxygen atoms in total. The van der Waals surface area contributed by atoms with Gasteiger partial charge < -0.3 is 4.84 Å². The molecule has 1 aromatic rings. The average molecular weight is 165 g/mol. The Balaban J connectivity index is 2.46. The van der Waals surface area contributed by atoms with E-state index in [1.54, 1.807) is 0 Å². The van der Waals surface area contributed by atoms with E-state index in [2.05, 4.69) is 24.5 Å². The smallest absolute Gasteiger partial charge is 0.0654 e. The van der Waals surface area contributed by atoms with E-state index in [1.165, 1.54) is 11.1 Å². The van der Waals surface area contributed by atoms with Crippen LogP contribution in [0.15, 0.2) is 24.3 Å². The normalized spacial score (nSPS) is 10.2. The van der Waals surface area contributed by atoms with E-state index in [1.807, 2.05) is 19.1 Å². The minimum Gasteiger partial charge on any atom is -0.302 e. The molecule has 0 bridgehead atoms. The lowest BCUT2D eigenvalue weighted by molar-refractivity contribution is 0.0462. The fourth-order valence-corrected chi connectivity index (χ4v) is 1.04. The van der Waals surface area contributed by atoms with Crippen molar-refractivity contribution >= 4 is 0 Å². The molecule has 0 radical (unpaired) electrons. The van der Waals surface area contributed by atoms with Gasteiger partial charge in [-0.3, -0.25) is 0 Å². The number of benzene rings is 1. The van der Waals surface area contributed by atoms with Gasteiger partial charge in [-0.25, -0.2) is 0 Å². The Bertz CT molecular complexity index is 235. The van der Waals surface area contributed by atoms with Gasteiger partial charge in [0.15, 0.2) is 0 Å². The standard InChI is InChI=1S/C10H15NO/c1-3-12-11-8-10-7-5-4-6-9(10)2/h4-7,11H,3,8H2,1-2H3. The molecule has 0 aromatic heterocycles. The lowest BCUT2D eigenvalue weighted by atomic mass is 10.1. The van der Waals surface area contributed by atoms with E-state index in [9.17, 15) is 0 Å². The summed E-state index contributed by atoms with van der Waals surface area (Å²) in [7, 11) is 0. The molecule has 0 saturated carbocycles. The molecule has 0 aliphatic heterocycles. The average Bonchev–Trinajstić information content (AvgIpc) is 2.09. The van der Waals surface area contributed by atoms with E-state index >= 15 is 0 Å². The Kier molecular flexibility index (Phi) is 3.77. The number of hydrogen-bond acceptors (Lipinski definition) is 2. The van der Waals surface area contributed by atoms with Crippen LogP contribution in [0.4, 0.5) is 0 Å². The van der Waals surface area contributed by atoms with E-state index in [0.29, 0.717) is 6.61 Å². The van der Waals surface area contributed by atoms with Crippen LogP contribution in [-0.2, 0) is 11.4 Å². The summed E-state index contributed by atoms with van der Waals surface area (Å²) >= 11 is 0. The molecular weight excluding hydrogens is 150 g/mol. The van der Waals surface area contributed by atoms with Gasteiger partial charge in [0.2, 0.25) is 0 Å². The predicted molar refractivity (Wildman–Crippen MR) is 49.6 cm³/mol. The largest absolute Gasteiger partial charge is 0.302 e. The van der Waals surface area contributed by atoms with Crippen LogP contribution in [0, 0.1) is 6.92 Å². The fraction of sp³-hybridized carbons (Fsp3) is 0.400. The zero-order valence-electron chi connectivity index (χ0n) is 7.63. The van der Waals surface area contributed by atoms with Crippen LogP contribution in [0.3, 0.4) is 0 Å². The lowest BCUT2D eigenvalue weighted by Crippen LogP contribution is -2.14. The first kappa shape index (κ1) is 9.23. The molecule has 0 saturated heterocycles. The van der Waals surface area contributed by atoms with Gasteiger partial charge in [0, 0.05) is 6.54 Å². The van der Waals surface area contributed by atoms with Gasteiger partial charge in [-0.2, -0.15) is 5.48 Å². The number of rotatable bonds is 4. The Morgan fingerprint density at radius 2 is 2.08 bits per heavy atom. The molecule has 12 heavy (non-hydrogen) atoms. The first-order valence-corrected chi connectivity index (χ1v) is 4.23. The maximum atomic E-state index is 5.04. The quantitative estimate of drug-likeness (QED) is 0.544. The fourth-order valence-electron chi connectivity index (χ4n) is 1.04. The molecule has 1 rings (SSSR count). The second-order valence-electron chi connectivity index (χ2n) is 2.68. The molecule has 0 atom stereocenters. The van der Waals surface area contributed by atoms with E-state index in [4.69, 9.17) is 4.84 Å². The highest BCUT2D eigenvalue weighted by atomic mass is 16.6. The van der Waals surface area contributed by atoms with Crippen molar-refractivity contribution in [2.24, 2.45) is 0 Å². The van der Waals surface area contributed by atoms with E-state index < -0.39 is 0 Å². The minimum atomic E-state index is 0.700. The summed E-state index contributed by atoms with van der Waals surface area (Å²) < 4.78 is 0. The summed E-state index contributed by atoms with van der Waals surface area (Å²) in [6.45, 7) is 5.54. The highest BCUT2D eigenvalue weighted by Gasteiger charge is 1.94. The van der Waals surface area contributed by atoms with Crippen molar-refractivity contribution in [3.8, 4) is 0 Å². The molecule has 0 spiro atoms. The van der Waals surface area contributed by atoms with Crippen LogP contribution >= 0.6 is 0 Å². The number of aryl methyl sites for hydroxylation is 1. The SMILES string of the molecule is CCONCc1ccccc1C. The molecule has 2 heteroatoms. The monoisotopic (exact) mass is 165 g/mol. The lowest BCUT2D eigenvalue weighted by Gasteiger charge is -2.05. The maximum Gasteiger partial charge on any atom is 0.0654 e. The van der Waals surface area contributed by atoms with E-state index in [0.717, 1.165) is 6.54 Å². The van der Waals surface area contributed by atoms with Crippen molar-refractivity contribution in [3.05, 3.63) is 35.4 Å². The zero-order valence-corrected chi connectivity index (χ0v) is 7.63. The molecule has 0 fully saturated rings. The molecular formula is C10H15NO. The van der Waals surface area contributed by atoms with Crippen LogP contribution in [0.25, 0.3) is 0 Å². The van der Waals surface area contributed by atoms with Crippen LogP contribution in [0.2, 0.25) is 0 Å². The van der Waals surface area contributed by atoms with Gasteiger partial charge >= 0.3 is 0 Å². The minimum absolute atomic E-state index is 0.700. The Morgan fingerprint density at radius 3 is 2.75 bits per heavy atom. The van der Waals surface area contributed by atoms with Crippen molar-refractivity contribution in [2.45, 2.75) is 20.4 Å². The summed E-state index contributed by atoms with van der Waals surface area (Å²) in [5, 5.41) is 0. The molecule has 0 aliphatic carbocycles. The molecule has 0 amide bonds. The van der Waals surface area contributed by atoms with Crippen molar-refractivity contribution in [1.82, 2.24) is 5.48 Å². The van der Waals surface area contributed by atoms with Gasteiger partial charge in [-0.15, -0.1) is 0 Å². The number of nitrogens with one attached hydrogen (secondary N) is 1. The Hall–Kier alpha value is -0.860. The molecule has 0 aliphatic rings. The molecule has 0 heterocycles. The van der Waals surface area contributed by atoms with Crippen LogP contribution in [0.1, 0.15) is 18.1 Å². The third-order valence-corrected chi connectivity index (χ3v) is 1.77. The van der Waals surface area contributed by atoms with Crippen LogP contribution in [-0.4, -0.2) is 6.61 Å². The third kappa shape index (κ3) is 2.64. The molecule has 1 N–H and O–H groups in total. The van der Waals surface area contributed by atoms with E-state index in [-0.39, 0.29) is 0 Å². The number of hydrogen-bond donors (Lipinski definition) is 1. The molecule has 1 aromatic carbocycles. The Labute approximate surface area is 73.5 Å². The first-order chi connectivity index (χ1) is 5.84. The summed E-state index contributed by atoms with van der Waals surface area (Å²) in [5.74, 6) is 0. The van der Waals surface area contributed by atoms with Gasteiger partial charge in [-0.1, -0.05) is 24.3 Å². The van der Waals surface area contributed by atoms with Gasteiger partial charge in [0.05, 0.1) is 6.61 Å².